The lowest BCUT2D eigenvalue weighted by Crippen LogP contribution is -2.20. The summed E-state index contributed by atoms with van der Waals surface area (Å²) in [7, 11) is 0. The van der Waals surface area contributed by atoms with Gasteiger partial charge in [0.05, 0.1) is 34.3 Å². The van der Waals surface area contributed by atoms with Gasteiger partial charge in [-0.05, 0) is 81.6 Å². The maximum Gasteiger partial charge on any atom is 0.156 e. The number of nitrogens with zero attached hydrogens (tertiary/aromatic N) is 3. The van der Waals surface area contributed by atoms with Crippen LogP contribution in [0.1, 0.15) is 0 Å². The van der Waals surface area contributed by atoms with Gasteiger partial charge in [-0.15, -0.1) is 0 Å². The Morgan fingerprint density at radius 3 is 1.51 bits per heavy atom. The van der Waals surface area contributed by atoms with E-state index < -0.39 is 0 Å². The summed E-state index contributed by atoms with van der Waals surface area (Å²) in [5.41, 5.74) is 10.9. The van der Waals surface area contributed by atoms with E-state index in [1.165, 1.54) is 10.8 Å². The molecule has 0 saturated heterocycles. The number of rotatable bonds is 3. The van der Waals surface area contributed by atoms with Crippen molar-refractivity contribution < 1.29 is 9.47 Å². The zero-order valence-electron chi connectivity index (χ0n) is 27.2. The van der Waals surface area contributed by atoms with Crippen molar-refractivity contribution in [3.63, 3.8) is 0 Å². The Morgan fingerprint density at radius 1 is 0.392 bits per heavy atom. The molecular formula is C46H27N3O2. The Labute approximate surface area is 293 Å². The number of hydrogen-bond acceptors (Lipinski definition) is 5. The lowest BCUT2D eigenvalue weighted by atomic mass is 9.96. The maximum atomic E-state index is 6.53. The van der Waals surface area contributed by atoms with Crippen molar-refractivity contribution in [3.05, 3.63) is 164 Å². The van der Waals surface area contributed by atoms with E-state index in [0.29, 0.717) is 0 Å². The minimum Gasteiger partial charge on any atom is -0.453 e. The average molecular weight is 654 g/mol. The molecule has 0 bridgehead atoms. The number of benzene rings is 8. The van der Waals surface area contributed by atoms with Gasteiger partial charge in [-0.3, -0.25) is 9.88 Å². The molecule has 8 aromatic carbocycles. The average Bonchev–Trinajstić information content (AvgIpc) is 3.20. The van der Waals surface area contributed by atoms with Crippen LogP contribution in [0.3, 0.4) is 0 Å². The summed E-state index contributed by atoms with van der Waals surface area (Å²) in [4.78, 5) is 12.5. The molecule has 0 N–H and O–H groups in total. The Hall–Kier alpha value is -6.98. The fourth-order valence-electron chi connectivity index (χ4n) is 7.69. The topological polar surface area (TPSA) is 47.5 Å². The van der Waals surface area contributed by atoms with E-state index >= 15 is 0 Å². The third-order valence-electron chi connectivity index (χ3n) is 10.0. The van der Waals surface area contributed by atoms with Gasteiger partial charge in [0, 0.05) is 16.3 Å². The molecule has 0 spiro atoms. The molecule has 0 unspecified atom stereocenters. The van der Waals surface area contributed by atoms with Crippen LogP contribution in [0.4, 0.5) is 17.1 Å². The zero-order valence-corrected chi connectivity index (χ0v) is 27.2. The van der Waals surface area contributed by atoms with Crippen molar-refractivity contribution in [1.29, 1.82) is 0 Å². The molecule has 1 aromatic heterocycles. The first-order valence-electron chi connectivity index (χ1n) is 17.1. The van der Waals surface area contributed by atoms with Crippen molar-refractivity contribution in [2.75, 3.05) is 4.90 Å². The minimum absolute atomic E-state index is 0.762. The van der Waals surface area contributed by atoms with Crippen molar-refractivity contribution in [2.45, 2.75) is 0 Å². The molecule has 5 heteroatoms. The van der Waals surface area contributed by atoms with Crippen LogP contribution in [0.5, 0.6) is 23.0 Å². The summed E-state index contributed by atoms with van der Waals surface area (Å²) in [6.07, 6.45) is 1.90. The van der Waals surface area contributed by atoms with Gasteiger partial charge in [0.15, 0.2) is 23.0 Å². The highest BCUT2D eigenvalue weighted by Crippen LogP contribution is 2.60. The molecule has 2 aliphatic rings. The largest absolute Gasteiger partial charge is 0.453 e. The number of hydrogen-bond donors (Lipinski definition) is 0. The Balaban J connectivity index is 1.00. The smallest absolute Gasteiger partial charge is 0.156 e. The summed E-state index contributed by atoms with van der Waals surface area (Å²) < 4.78 is 13.1. The summed E-state index contributed by atoms with van der Waals surface area (Å²) in [5.74, 6) is 3.15. The second-order valence-electron chi connectivity index (χ2n) is 13.0. The van der Waals surface area contributed by atoms with Gasteiger partial charge in [0.2, 0.25) is 0 Å². The molecule has 238 valence electrons. The molecule has 0 atom stereocenters. The van der Waals surface area contributed by atoms with Crippen LogP contribution in [0.15, 0.2) is 164 Å². The lowest BCUT2D eigenvalue weighted by Gasteiger charge is -2.38. The van der Waals surface area contributed by atoms with Gasteiger partial charge >= 0.3 is 0 Å². The Bertz CT molecular complexity index is 2790. The van der Waals surface area contributed by atoms with Crippen LogP contribution in [0, 0.1) is 0 Å². The molecule has 0 aliphatic carbocycles. The number of aromatic nitrogens is 2. The lowest BCUT2D eigenvalue weighted by molar-refractivity contribution is 0.446. The van der Waals surface area contributed by atoms with Crippen LogP contribution >= 0.6 is 0 Å². The van der Waals surface area contributed by atoms with Crippen molar-refractivity contribution >= 4 is 49.6 Å². The van der Waals surface area contributed by atoms with Crippen LogP contribution in [0.2, 0.25) is 0 Å². The van der Waals surface area contributed by atoms with Crippen molar-refractivity contribution in [1.82, 2.24) is 9.97 Å². The Kier molecular flexibility index (Phi) is 5.89. The van der Waals surface area contributed by atoms with Crippen LogP contribution in [0.25, 0.3) is 66.1 Å². The molecule has 5 nitrogen and oxygen atoms in total. The van der Waals surface area contributed by atoms with E-state index in [1.807, 2.05) is 42.6 Å². The van der Waals surface area contributed by atoms with E-state index in [2.05, 4.69) is 126 Å². The van der Waals surface area contributed by atoms with Crippen LogP contribution in [-0.4, -0.2) is 9.97 Å². The molecule has 51 heavy (non-hydrogen) atoms. The van der Waals surface area contributed by atoms with Gasteiger partial charge in [-0.1, -0.05) is 109 Å². The number of ether oxygens (including phenoxy) is 2. The maximum absolute atomic E-state index is 6.53. The second-order valence-corrected chi connectivity index (χ2v) is 13.0. The summed E-state index contributed by atoms with van der Waals surface area (Å²) in [6.45, 7) is 0. The number of para-hydroxylation sites is 4. The van der Waals surface area contributed by atoms with Crippen molar-refractivity contribution in [2.24, 2.45) is 0 Å². The summed E-state index contributed by atoms with van der Waals surface area (Å²) >= 11 is 0. The summed E-state index contributed by atoms with van der Waals surface area (Å²) in [5, 5.41) is 4.60. The van der Waals surface area contributed by atoms with Gasteiger partial charge in [-0.25, -0.2) is 4.98 Å². The van der Waals surface area contributed by atoms with Crippen LogP contribution in [-0.2, 0) is 0 Å². The first-order chi connectivity index (χ1) is 25.3. The molecule has 3 heterocycles. The highest BCUT2D eigenvalue weighted by molar-refractivity contribution is 6.23. The fourth-order valence-corrected chi connectivity index (χ4v) is 7.69. The third kappa shape index (κ3) is 4.28. The SMILES string of the molecule is c1cc(-c2cccc(-c3cnc4c5ccccc5c5ccccc5c4n3)c2)cc(-c2cc3c4c(c2)Oc2ccccc2N4c2ccccc2O3)c1. The third-order valence-corrected chi connectivity index (χ3v) is 10.0. The van der Waals surface area contributed by atoms with E-state index in [1.54, 1.807) is 0 Å². The minimum atomic E-state index is 0.762. The van der Waals surface area contributed by atoms with Gasteiger partial charge < -0.3 is 9.47 Å². The van der Waals surface area contributed by atoms with E-state index in [-0.39, 0.29) is 0 Å². The first-order valence-corrected chi connectivity index (χ1v) is 17.1. The zero-order chi connectivity index (χ0) is 33.5. The van der Waals surface area contributed by atoms with Gasteiger partial charge in [-0.2, -0.15) is 0 Å². The van der Waals surface area contributed by atoms with E-state index in [4.69, 9.17) is 19.4 Å². The van der Waals surface area contributed by atoms with Gasteiger partial charge in [0.1, 0.15) is 5.69 Å². The molecule has 0 amide bonds. The highest BCUT2D eigenvalue weighted by Gasteiger charge is 2.34. The quantitative estimate of drug-likeness (QED) is 0.178. The van der Waals surface area contributed by atoms with E-state index in [9.17, 15) is 0 Å². The standard InChI is InChI=1S/C46H27N3O2/c1-3-17-35-33(15-1)34-16-2-4-18-36(34)45-44(35)47-27-37(48-45)31-14-10-12-29(24-31)28-11-9-13-30(23-28)32-25-42-46-43(26-32)51-41-22-8-6-20-39(41)49(46)38-19-5-7-21-40(38)50-42/h1-27H. The predicted octanol–water partition coefficient (Wildman–Crippen LogP) is 12.6. The second kappa shape index (κ2) is 10.8. The van der Waals surface area contributed by atoms with E-state index in [0.717, 1.165) is 95.4 Å². The predicted molar refractivity (Wildman–Crippen MR) is 206 cm³/mol. The van der Waals surface area contributed by atoms with Gasteiger partial charge in [0.25, 0.3) is 0 Å². The molecule has 2 aliphatic heterocycles. The molecule has 9 aromatic rings. The molecule has 0 fully saturated rings. The normalized spacial score (nSPS) is 12.6. The first kappa shape index (κ1) is 27.9. The molecule has 0 saturated carbocycles. The monoisotopic (exact) mass is 653 g/mol. The Morgan fingerprint density at radius 2 is 0.882 bits per heavy atom. The highest BCUT2D eigenvalue weighted by atomic mass is 16.5. The number of anilines is 3. The number of fused-ring (bicyclic) bond motifs is 10. The fraction of sp³-hybridized carbons (Fsp3) is 0. The molecular weight excluding hydrogens is 627 g/mol. The molecule has 11 rings (SSSR count). The van der Waals surface area contributed by atoms with Crippen LogP contribution < -0.4 is 14.4 Å². The summed E-state index contributed by atoms with van der Waals surface area (Å²) in [6, 6.07) is 54.6. The van der Waals surface area contributed by atoms with Crippen molar-refractivity contribution in [3.8, 4) is 56.5 Å². The molecule has 0 radical (unpaired) electrons.